The summed E-state index contributed by atoms with van der Waals surface area (Å²) >= 11 is 0. The molecule has 0 bridgehead atoms. The molecule has 0 unspecified atom stereocenters. The first-order chi connectivity index (χ1) is 8.77. The number of ether oxygens (including phenoxy) is 2. The molecule has 18 heavy (non-hydrogen) atoms. The Labute approximate surface area is 108 Å². The maximum Gasteiger partial charge on any atom is 0.198 e. The molecule has 0 radical (unpaired) electrons. The van der Waals surface area contributed by atoms with E-state index in [2.05, 4.69) is 21.9 Å². The average molecular weight is 251 g/mol. The highest BCUT2D eigenvalue weighted by Gasteiger charge is 2.04. The first-order valence-electron chi connectivity index (χ1n) is 6.23. The standard InChI is InChI=1S/C13H21N3O2/c1-4-5-6-11(2)16-13-12(9-14-10-15-13)18-8-7-17-3/h9-10H,4-8H2,1-3H3/b16-11+. The van der Waals surface area contributed by atoms with Crippen molar-refractivity contribution in [2.45, 2.75) is 33.1 Å². The Morgan fingerprint density at radius 1 is 1.39 bits per heavy atom. The Hall–Kier alpha value is -1.49. The molecule has 0 spiro atoms. The molecule has 1 rings (SSSR count). The summed E-state index contributed by atoms with van der Waals surface area (Å²) in [5.41, 5.74) is 1.06. The van der Waals surface area contributed by atoms with Gasteiger partial charge in [-0.05, 0) is 19.8 Å². The van der Waals surface area contributed by atoms with Crippen molar-refractivity contribution in [2.75, 3.05) is 20.3 Å². The molecule has 0 aromatic carbocycles. The van der Waals surface area contributed by atoms with Crippen LogP contribution in [0.5, 0.6) is 5.75 Å². The molecule has 1 aromatic heterocycles. The smallest absolute Gasteiger partial charge is 0.198 e. The van der Waals surface area contributed by atoms with Crippen molar-refractivity contribution in [1.29, 1.82) is 0 Å². The number of unbranched alkanes of at least 4 members (excludes halogenated alkanes) is 1. The van der Waals surface area contributed by atoms with Crippen molar-refractivity contribution in [2.24, 2.45) is 4.99 Å². The molecule has 1 aromatic rings. The summed E-state index contributed by atoms with van der Waals surface area (Å²) in [6, 6.07) is 0. The summed E-state index contributed by atoms with van der Waals surface area (Å²) in [6.07, 6.45) is 6.40. The van der Waals surface area contributed by atoms with Crippen LogP contribution in [-0.4, -0.2) is 36.0 Å². The normalized spacial score (nSPS) is 11.6. The lowest BCUT2D eigenvalue weighted by atomic mass is 10.2. The molecule has 0 saturated heterocycles. The zero-order valence-corrected chi connectivity index (χ0v) is 11.3. The van der Waals surface area contributed by atoms with Gasteiger partial charge in [0.15, 0.2) is 11.6 Å². The predicted octanol–water partition coefficient (Wildman–Crippen LogP) is 2.78. The van der Waals surface area contributed by atoms with Gasteiger partial charge < -0.3 is 9.47 Å². The van der Waals surface area contributed by atoms with E-state index in [1.165, 1.54) is 6.33 Å². The van der Waals surface area contributed by atoms with Gasteiger partial charge in [0.25, 0.3) is 0 Å². The van der Waals surface area contributed by atoms with Crippen LogP contribution in [0.1, 0.15) is 33.1 Å². The van der Waals surface area contributed by atoms with Crippen LogP contribution in [0.4, 0.5) is 5.82 Å². The minimum Gasteiger partial charge on any atom is -0.486 e. The van der Waals surface area contributed by atoms with E-state index in [9.17, 15) is 0 Å². The van der Waals surface area contributed by atoms with Gasteiger partial charge in [0, 0.05) is 12.8 Å². The molecule has 100 valence electrons. The molecular weight excluding hydrogens is 230 g/mol. The minimum atomic E-state index is 0.473. The third kappa shape index (κ3) is 5.23. The third-order valence-electron chi connectivity index (χ3n) is 2.39. The Morgan fingerprint density at radius 3 is 2.94 bits per heavy atom. The number of aliphatic imine (C=N–C) groups is 1. The molecule has 5 heteroatoms. The van der Waals surface area contributed by atoms with Gasteiger partial charge in [-0.1, -0.05) is 13.3 Å². The van der Waals surface area contributed by atoms with E-state index in [4.69, 9.17) is 9.47 Å². The minimum absolute atomic E-state index is 0.473. The van der Waals surface area contributed by atoms with Crippen LogP contribution in [-0.2, 0) is 4.74 Å². The molecular formula is C13H21N3O2. The second-order valence-corrected chi connectivity index (χ2v) is 4.00. The summed E-state index contributed by atoms with van der Waals surface area (Å²) in [4.78, 5) is 12.6. The van der Waals surface area contributed by atoms with E-state index in [1.54, 1.807) is 13.3 Å². The lowest BCUT2D eigenvalue weighted by molar-refractivity contribution is 0.146. The Kier molecular flexibility index (Phi) is 6.94. The number of aromatic nitrogens is 2. The van der Waals surface area contributed by atoms with Crippen LogP contribution >= 0.6 is 0 Å². The SMILES string of the molecule is CCCC/C(C)=N/c1ncncc1OCCOC. The van der Waals surface area contributed by atoms with Crippen molar-refractivity contribution < 1.29 is 9.47 Å². The van der Waals surface area contributed by atoms with Crippen molar-refractivity contribution in [3.05, 3.63) is 12.5 Å². The largest absolute Gasteiger partial charge is 0.486 e. The summed E-state index contributed by atoms with van der Waals surface area (Å²) < 4.78 is 10.5. The van der Waals surface area contributed by atoms with E-state index in [-0.39, 0.29) is 0 Å². The quantitative estimate of drug-likeness (QED) is 0.526. The highest BCUT2D eigenvalue weighted by atomic mass is 16.5. The third-order valence-corrected chi connectivity index (χ3v) is 2.39. The van der Waals surface area contributed by atoms with Gasteiger partial charge in [-0.25, -0.2) is 15.0 Å². The average Bonchev–Trinajstić information content (AvgIpc) is 2.38. The zero-order chi connectivity index (χ0) is 13.2. The van der Waals surface area contributed by atoms with Crippen LogP contribution < -0.4 is 4.74 Å². The lowest BCUT2D eigenvalue weighted by Gasteiger charge is -2.07. The maximum atomic E-state index is 5.53. The maximum absolute atomic E-state index is 5.53. The molecule has 0 N–H and O–H groups in total. The fraction of sp³-hybridized carbons (Fsp3) is 0.615. The van der Waals surface area contributed by atoms with Gasteiger partial charge in [-0.2, -0.15) is 0 Å². The molecule has 0 aliphatic carbocycles. The molecule has 0 amide bonds. The van der Waals surface area contributed by atoms with Crippen LogP contribution in [0.25, 0.3) is 0 Å². The predicted molar refractivity (Wildman–Crippen MR) is 71.7 cm³/mol. The first-order valence-corrected chi connectivity index (χ1v) is 6.23. The van der Waals surface area contributed by atoms with Gasteiger partial charge in [0.2, 0.25) is 0 Å². The summed E-state index contributed by atoms with van der Waals surface area (Å²) in [5.74, 6) is 1.19. The van der Waals surface area contributed by atoms with Crippen molar-refractivity contribution in [3.63, 3.8) is 0 Å². The Balaban J connectivity index is 2.68. The Morgan fingerprint density at radius 2 is 2.22 bits per heavy atom. The molecule has 0 atom stereocenters. The van der Waals surface area contributed by atoms with Crippen molar-refractivity contribution in [1.82, 2.24) is 9.97 Å². The van der Waals surface area contributed by atoms with Gasteiger partial charge >= 0.3 is 0 Å². The van der Waals surface area contributed by atoms with E-state index in [0.717, 1.165) is 25.0 Å². The Bertz CT molecular complexity index is 380. The van der Waals surface area contributed by atoms with Gasteiger partial charge in [-0.15, -0.1) is 0 Å². The number of nitrogens with zero attached hydrogens (tertiary/aromatic N) is 3. The lowest BCUT2D eigenvalue weighted by Crippen LogP contribution is -2.05. The molecule has 1 heterocycles. The summed E-state index contributed by atoms with van der Waals surface area (Å²) in [5, 5.41) is 0. The van der Waals surface area contributed by atoms with Crippen molar-refractivity contribution in [3.8, 4) is 5.75 Å². The van der Waals surface area contributed by atoms with E-state index in [1.807, 2.05) is 6.92 Å². The van der Waals surface area contributed by atoms with E-state index < -0.39 is 0 Å². The van der Waals surface area contributed by atoms with E-state index in [0.29, 0.717) is 24.8 Å². The molecule has 0 fully saturated rings. The second-order valence-electron chi connectivity index (χ2n) is 4.00. The molecule has 0 aliphatic rings. The highest BCUT2D eigenvalue weighted by molar-refractivity contribution is 5.84. The topological polar surface area (TPSA) is 56.6 Å². The number of hydrogen-bond donors (Lipinski definition) is 0. The molecule has 0 aliphatic heterocycles. The summed E-state index contributed by atoms with van der Waals surface area (Å²) in [7, 11) is 1.64. The zero-order valence-electron chi connectivity index (χ0n) is 11.3. The van der Waals surface area contributed by atoms with Crippen LogP contribution in [0.3, 0.4) is 0 Å². The number of methoxy groups -OCH3 is 1. The van der Waals surface area contributed by atoms with Gasteiger partial charge in [0.1, 0.15) is 12.9 Å². The van der Waals surface area contributed by atoms with E-state index >= 15 is 0 Å². The van der Waals surface area contributed by atoms with Crippen LogP contribution in [0, 0.1) is 0 Å². The fourth-order valence-electron chi connectivity index (χ4n) is 1.40. The van der Waals surface area contributed by atoms with Crippen LogP contribution in [0.2, 0.25) is 0 Å². The highest BCUT2D eigenvalue weighted by Crippen LogP contribution is 2.23. The fourth-order valence-corrected chi connectivity index (χ4v) is 1.40. The number of hydrogen-bond acceptors (Lipinski definition) is 5. The summed E-state index contributed by atoms with van der Waals surface area (Å²) in [6.45, 7) is 5.18. The van der Waals surface area contributed by atoms with Crippen LogP contribution in [0.15, 0.2) is 17.5 Å². The molecule has 0 saturated carbocycles. The van der Waals surface area contributed by atoms with Gasteiger partial charge in [-0.3, -0.25) is 0 Å². The second kappa shape index (κ2) is 8.58. The van der Waals surface area contributed by atoms with Gasteiger partial charge in [0.05, 0.1) is 12.8 Å². The monoisotopic (exact) mass is 251 g/mol. The number of rotatable bonds is 8. The van der Waals surface area contributed by atoms with Crippen molar-refractivity contribution >= 4 is 11.5 Å². The molecule has 5 nitrogen and oxygen atoms in total. The first kappa shape index (κ1) is 14.6.